The highest BCUT2D eigenvalue weighted by molar-refractivity contribution is 7.91. The number of rotatable bonds is 2. The second kappa shape index (κ2) is 3.79. The Kier molecular flexibility index (Phi) is 2.56. The third-order valence-electron chi connectivity index (χ3n) is 3.97. The second-order valence-electron chi connectivity index (χ2n) is 5.43. The standard InChI is InChI=1S/C13H17NO3S/c14-13(5-6-13)12(15)10-3-4-11-9(8-10)2-1-7-18(11,16)17/h3-4,8,12,15H,1-2,5-7,14H2. The first-order chi connectivity index (χ1) is 8.42. The number of aliphatic hydroxyl groups excluding tert-OH is 1. The summed E-state index contributed by atoms with van der Waals surface area (Å²) in [6, 6.07) is 5.12. The van der Waals surface area contributed by atoms with Gasteiger partial charge in [-0.1, -0.05) is 12.1 Å². The Bertz CT molecular complexity index is 590. The summed E-state index contributed by atoms with van der Waals surface area (Å²) in [6.07, 6.45) is 2.37. The second-order valence-corrected chi connectivity index (χ2v) is 7.50. The van der Waals surface area contributed by atoms with E-state index in [4.69, 9.17) is 5.73 Å². The van der Waals surface area contributed by atoms with Crippen LogP contribution >= 0.6 is 0 Å². The summed E-state index contributed by atoms with van der Waals surface area (Å²) in [5.41, 5.74) is 7.05. The van der Waals surface area contributed by atoms with Crippen LogP contribution < -0.4 is 5.73 Å². The van der Waals surface area contributed by atoms with E-state index in [0.29, 0.717) is 11.3 Å². The zero-order chi connectivity index (χ0) is 13.0. The molecule has 1 aliphatic carbocycles. The SMILES string of the molecule is NC1(C(O)c2ccc3c(c2)CCCS3(=O)=O)CC1. The van der Waals surface area contributed by atoms with Gasteiger partial charge < -0.3 is 10.8 Å². The number of fused-ring (bicyclic) bond motifs is 1. The highest BCUT2D eigenvalue weighted by atomic mass is 32.2. The predicted octanol–water partition coefficient (Wildman–Crippen LogP) is 0.931. The normalized spacial score (nSPS) is 25.2. The predicted molar refractivity (Wildman–Crippen MR) is 67.9 cm³/mol. The number of benzene rings is 1. The lowest BCUT2D eigenvalue weighted by Gasteiger charge is -2.21. The van der Waals surface area contributed by atoms with E-state index < -0.39 is 21.5 Å². The van der Waals surface area contributed by atoms with E-state index in [9.17, 15) is 13.5 Å². The molecule has 1 aromatic carbocycles. The molecule has 1 heterocycles. The first-order valence-electron chi connectivity index (χ1n) is 6.25. The van der Waals surface area contributed by atoms with Gasteiger partial charge in [-0.05, 0) is 42.9 Å². The maximum Gasteiger partial charge on any atom is 0.178 e. The van der Waals surface area contributed by atoms with Gasteiger partial charge in [0.15, 0.2) is 9.84 Å². The Balaban J connectivity index is 2.01. The molecule has 0 amide bonds. The van der Waals surface area contributed by atoms with Crippen LogP contribution in [0.15, 0.2) is 23.1 Å². The van der Waals surface area contributed by atoms with Crippen LogP contribution in [0.5, 0.6) is 0 Å². The first kappa shape index (κ1) is 12.1. The van der Waals surface area contributed by atoms with Crippen LogP contribution in [-0.2, 0) is 16.3 Å². The molecule has 0 saturated heterocycles. The lowest BCUT2D eigenvalue weighted by molar-refractivity contribution is 0.136. The molecule has 3 N–H and O–H groups in total. The molecule has 0 radical (unpaired) electrons. The molecule has 0 bridgehead atoms. The minimum atomic E-state index is -3.12. The smallest absolute Gasteiger partial charge is 0.178 e. The van der Waals surface area contributed by atoms with E-state index in [2.05, 4.69) is 0 Å². The molecule has 4 nitrogen and oxygen atoms in total. The molecule has 98 valence electrons. The van der Waals surface area contributed by atoms with Crippen LogP contribution in [0.4, 0.5) is 0 Å². The van der Waals surface area contributed by atoms with Crippen molar-refractivity contribution in [3.8, 4) is 0 Å². The van der Waals surface area contributed by atoms with Gasteiger partial charge >= 0.3 is 0 Å². The van der Waals surface area contributed by atoms with Gasteiger partial charge in [-0.15, -0.1) is 0 Å². The summed E-state index contributed by atoms with van der Waals surface area (Å²) in [4.78, 5) is 0.423. The molecule has 1 aliphatic heterocycles. The molecule has 1 fully saturated rings. The summed E-state index contributed by atoms with van der Waals surface area (Å²) < 4.78 is 23.8. The molecule has 1 aromatic rings. The third-order valence-corrected chi connectivity index (χ3v) is 5.86. The van der Waals surface area contributed by atoms with Crippen LogP contribution in [0.1, 0.15) is 36.5 Å². The molecule has 1 atom stereocenters. The van der Waals surface area contributed by atoms with Crippen molar-refractivity contribution >= 4 is 9.84 Å². The van der Waals surface area contributed by atoms with Crippen LogP contribution in [0.25, 0.3) is 0 Å². The molecule has 0 spiro atoms. The minimum Gasteiger partial charge on any atom is -0.386 e. The Morgan fingerprint density at radius 2 is 2.06 bits per heavy atom. The highest BCUT2D eigenvalue weighted by Gasteiger charge is 2.46. The lowest BCUT2D eigenvalue weighted by Crippen LogP contribution is -2.30. The molecule has 1 unspecified atom stereocenters. The van der Waals surface area contributed by atoms with Gasteiger partial charge in [0.05, 0.1) is 16.8 Å². The summed E-state index contributed by atoms with van der Waals surface area (Å²) in [5.74, 6) is 0.225. The summed E-state index contributed by atoms with van der Waals surface area (Å²) in [5, 5.41) is 10.2. The first-order valence-corrected chi connectivity index (χ1v) is 7.90. The van der Waals surface area contributed by atoms with Crippen molar-refractivity contribution in [1.82, 2.24) is 0 Å². The van der Waals surface area contributed by atoms with Crippen LogP contribution in [0.2, 0.25) is 0 Å². The van der Waals surface area contributed by atoms with Crippen molar-refractivity contribution in [2.75, 3.05) is 5.75 Å². The van der Waals surface area contributed by atoms with E-state index in [1.807, 2.05) is 6.07 Å². The molecule has 0 aromatic heterocycles. The largest absolute Gasteiger partial charge is 0.386 e. The Morgan fingerprint density at radius 1 is 1.33 bits per heavy atom. The van der Waals surface area contributed by atoms with Crippen molar-refractivity contribution in [3.63, 3.8) is 0 Å². The topological polar surface area (TPSA) is 80.4 Å². The molecule has 5 heteroatoms. The molecule has 18 heavy (non-hydrogen) atoms. The van der Waals surface area contributed by atoms with Crippen molar-refractivity contribution in [3.05, 3.63) is 29.3 Å². The lowest BCUT2D eigenvalue weighted by atomic mass is 9.97. The summed E-state index contributed by atoms with van der Waals surface area (Å²) in [7, 11) is -3.12. The minimum absolute atomic E-state index is 0.225. The zero-order valence-corrected chi connectivity index (χ0v) is 10.9. The van der Waals surface area contributed by atoms with E-state index in [1.54, 1.807) is 12.1 Å². The number of aliphatic hydroxyl groups is 1. The molecule has 2 aliphatic rings. The molecule has 3 rings (SSSR count). The maximum absolute atomic E-state index is 11.9. The number of aryl methyl sites for hydroxylation is 1. The van der Waals surface area contributed by atoms with Crippen LogP contribution in [-0.4, -0.2) is 24.8 Å². The fourth-order valence-electron chi connectivity index (χ4n) is 2.58. The average molecular weight is 267 g/mol. The summed E-state index contributed by atoms with van der Waals surface area (Å²) >= 11 is 0. The molecular weight excluding hydrogens is 250 g/mol. The Hall–Kier alpha value is -0.910. The van der Waals surface area contributed by atoms with Gasteiger partial charge in [0.2, 0.25) is 0 Å². The monoisotopic (exact) mass is 267 g/mol. The van der Waals surface area contributed by atoms with E-state index >= 15 is 0 Å². The quantitative estimate of drug-likeness (QED) is 0.835. The van der Waals surface area contributed by atoms with E-state index in [1.165, 1.54) is 0 Å². The molecular formula is C13H17NO3S. The van der Waals surface area contributed by atoms with Gasteiger partial charge in [-0.2, -0.15) is 0 Å². The van der Waals surface area contributed by atoms with Crippen molar-refractivity contribution in [1.29, 1.82) is 0 Å². The van der Waals surface area contributed by atoms with Gasteiger partial charge in [0, 0.05) is 5.54 Å². The number of sulfone groups is 1. The van der Waals surface area contributed by atoms with Crippen molar-refractivity contribution in [2.24, 2.45) is 5.73 Å². The highest BCUT2D eigenvalue weighted by Crippen LogP contribution is 2.44. The van der Waals surface area contributed by atoms with E-state index in [-0.39, 0.29) is 5.75 Å². The number of nitrogens with two attached hydrogens (primary N) is 1. The number of hydrogen-bond acceptors (Lipinski definition) is 4. The fraction of sp³-hybridized carbons (Fsp3) is 0.538. The van der Waals surface area contributed by atoms with Crippen LogP contribution in [0.3, 0.4) is 0 Å². The number of hydrogen-bond donors (Lipinski definition) is 2. The van der Waals surface area contributed by atoms with Crippen molar-refractivity contribution < 1.29 is 13.5 Å². The van der Waals surface area contributed by atoms with Gasteiger partial charge in [0.1, 0.15) is 0 Å². The van der Waals surface area contributed by atoms with Crippen LogP contribution in [0, 0.1) is 0 Å². The van der Waals surface area contributed by atoms with Gasteiger partial charge in [-0.25, -0.2) is 8.42 Å². The average Bonchev–Trinajstić information content (AvgIpc) is 3.07. The Morgan fingerprint density at radius 3 is 2.72 bits per heavy atom. The summed E-state index contributed by atoms with van der Waals surface area (Å²) in [6.45, 7) is 0. The molecule has 1 saturated carbocycles. The fourth-order valence-corrected chi connectivity index (χ4v) is 4.16. The zero-order valence-electron chi connectivity index (χ0n) is 10.1. The maximum atomic E-state index is 11.9. The Labute approximate surface area is 107 Å². The van der Waals surface area contributed by atoms with Crippen molar-refractivity contribution in [2.45, 2.75) is 42.2 Å². The third kappa shape index (κ3) is 1.86. The van der Waals surface area contributed by atoms with Gasteiger partial charge in [-0.3, -0.25) is 0 Å². The van der Waals surface area contributed by atoms with Gasteiger partial charge in [0.25, 0.3) is 0 Å². The van der Waals surface area contributed by atoms with E-state index in [0.717, 1.165) is 30.4 Å².